The van der Waals surface area contributed by atoms with Crippen molar-refractivity contribution in [3.63, 3.8) is 0 Å². The molecular weight excluding hydrogens is 352 g/mol. The maximum absolute atomic E-state index is 12.3. The van der Waals surface area contributed by atoms with Crippen molar-refractivity contribution in [1.29, 1.82) is 0 Å². The van der Waals surface area contributed by atoms with E-state index in [0.717, 1.165) is 16.5 Å². The van der Waals surface area contributed by atoms with Crippen LogP contribution in [0.1, 0.15) is 11.1 Å². The average Bonchev–Trinajstić information content (AvgIpc) is 2.63. The molecule has 2 N–H and O–H groups in total. The third-order valence-electron chi connectivity index (χ3n) is 4.22. The van der Waals surface area contributed by atoms with E-state index in [1.807, 2.05) is 31.2 Å². The molecular formula is C19H20N2O4S. The minimum Gasteiger partial charge on any atom is -0.497 e. The normalized spacial score (nSPS) is 11.6. The summed E-state index contributed by atoms with van der Waals surface area (Å²) in [5, 5.41) is 0.928. The number of pyridine rings is 1. The molecule has 1 aromatic heterocycles. The van der Waals surface area contributed by atoms with E-state index >= 15 is 0 Å². The van der Waals surface area contributed by atoms with E-state index in [9.17, 15) is 13.2 Å². The van der Waals surface area contributed by atoms with Gasteiger partial charge in [-0.15, -0.1) is 0 Å². The van der Waals surface area contributed by atoms with Crippen molar-refractivity contribution < 1.29 is 13.2 Å². The molecule has 3 aromatic rings. The number of rotatable bonds is 6. The Bertz CT molecular complexity index is 1090. The van der Waals surface area contributed by atoms with Crippen LogP contribution in [0, 0.1) is 6.92 Å². The number of benzene rings is 2. The number of sulfonamides is 1. The Labute approximate surface area is 151 Å². The number of fused-ring (bicyclic) bond motifs is 1. The largest absolute Gasteiger partial charge is 0.497 e. The highest BCUT2D eigenvalue weighted by Gasteiger charge is 2.14. The minimum atomic E-state index is -3.64. The maximum Gasteiger partial charge on any atom is 0.251 e. The maximum atomic E-state index is 12.3. The molecule has 0 spiro atoms. The molecule has 6 nitrogen and oxygen atoms in total. The summed E-state index contributed by atoms with van der Waals surface area (Å²) in [7, 11) is -2.12. The van der Waals surface area contributed by atoms with Gasteiger partial charge in [0.1, 0.15) is 5.75 Å². The van der Waals surface area contributed by atoms with E-state index in [-0.39, 0.29) is 17.0 Å². The highest BCUT2D eigenvalue weighted by molar-refractivity contribution is 7.89. The lowest BCUT2D eigenvalue weighted by Crippen LogP contribution is -2.27. The van der Waals surface area contributed by atoms with E-state index in [2.05, 4.69) is 9.71 Å². The second-order valence-corrected chi connectivity index (χ2v) is 7.75. The molecule has 0 radical (unpaired) electrons. The number of hydrogen-bond acceptors (Lipinski definition) is 4. The fraction of sp³-hybridized carbons (Fsp3) is 0.211. The average molecular weight is 372 g/mol. The number of aryl methyl sites for hydroxylation is 1. The van der Waals surface area contributed by atoms with Crippen LogP contribution in [0.4, 0.5) is 0 Å². The third-order valence-corrected chi connectivity index (χ3v) is 5.70. The number of H-pyrrole nitrogens is 1. The topological polar surface area (TPSA) is 88.3 Å². The number of ether oxygens (including phenoxy) is 1. The van der Waals surface area contributed by atoms with Crippen LogP contribution in [-0.2, 0) is 16.4 Å². The molecule has 0 unspecified atom stereocenters. The van der Waals surface area contributed by atoms with Crippen LogP contribution in [-0.4, -0.2) is 27.1 Å². The van der Waals surface area contributed by atoms with E-state index in [0.29, 0.717) is 17.7 Å². The zero-order valence-electron chi connectivity index (χ0n) is 14.6. The summed E-state index contributed by atoms with van der Waals surface area (Å²) in [6.45, 7) is 2.07. The molecule has 0 aliphatic rings. The first-order valence-electron chi connectivity index (χ1n) is 8.16. The summed E-state index contributed by atoms with van der Waals surface area (Å²) < 4.78 is 32.2. The van der Waals surface area contributed by atoms with Crippen LogP contribution in [0.2, 0.25) is 0 Å². The van der Waals surface area contributed by atoms with Gasteiger partial charge in [0.05, 0.1) is 17.5 Å². The van der Waals surface area contributed by atoms with Crippen molar-refractivity contribution in [3.8, 4) is 5.75 Å². The Kier molecular flexibility index (Phi) is 5.11. The number of aromatic amines is 1. The van der Waals surface area contributed by atoms with Crippen LogP contribution in [0.5, 0.6) is 5.75 Å². The highest BCUT2D eigenvalue weighted by Crippen LogP contribution is 2.16. The first-order valence-corrected chi connectivity index (χ1v) is 9.64. The number of nitrogens with one attached hydrogen (secondary N) is 2. The lowest BCUT2D eigenvalue weighted by Gasteiger charge is -2.08. The lowest BCUT2D eigenvalue weighted by atomic mass is 10.1. The zero-order valence-corrected chi connectivity index (χ0v) is 15.4. The van der Waals surface area contributed by atoms with Crippen molar-refractivity contribution in [3.05, 3.63) is 70.0 Å². The van der Waals surface area contributed by atoms with Gasteiger partial charge in [0, 0.05) is 12.1 Å². The van der Waals surface area contributed by atoms with E-state index in [1.165, 1.54) is 19.2 Å². The molecule has 1 heterocycles. The van der Waals surface area contributed by atoms with Crippen molar-refractivity contribution in [1.82, 2.24) is 9.71 Å². The van der Waals surface area contributed by atoms with Crippen LogP contribution in [0.25, 0.3) is 10.9 Å². The van der Waals surface area contributed by atoms with Gasteiger partial charge in [-0.3, -0.25) is 4.79 Å². The fourth-order valence-corrected chi connectivity index (χ4v) is 3.80. The van der Waals surface area contributed by atoms with E-state index in [4.69, 9.17) is 4.74 Å². The molecule has 136 valence electrons. The van der Waals surface area contributed by atoms with Crippen molar-refractivity contribution in [2.45, 2.75) is 18.2 Å². The van der Waals surface area contributed by atoms with Crippen molar-refractivity contribution >= 4 is 20.9 Å². The first kappa shape index (κ1) is 18.2. The number of methoxy groups -OCH3 is 1. The van der Waals surface area contributed by atoms with Crippen LogP contribution < -0.4 is 15.0 Å². The SMILES string of the molecule is COc1ccc(S(=O)(=O)NCCc2cc3cccc(C)c3[nH]c2=O)cc1. The molecule has 0 bridgehead atoms. The van der Waals surface area contributed by atoms with Crippen LogP contribution in [0.3, 0.4) is 0 Å². The quantitative estimate of drug-likeness (QED) is 0.695. The fourth-order valence-electron chi connectivity index (χ4n) is 2.77. The molecule has 7 heteroatoms. The second-order valence-electron chi connectivity index (χ2n) is 5.99. The molecule has 0 saturated heterocycles. The van der Waals surface area contributed by atoms with Gasteiger partial charge in [0.15, 0.2) is 0 Å². The standard InChI is InChI=1S/C19H20N2O4S/c1-13-4-3-5-14-12-15(19(22)21-18(13)14)10-11-20-26(23,24)17-8-6-16(25-2)7-9-17/h3-9,12,20H,10-11H2,1-2H3,(H,21,22). The van der Waals surface area contributed by atoms with Crippen molar-refractivity contribution in [2.75, 3.05) is 13.7 Å². The lowest BCUT2D eigenvalue weighted by molar-refractivity contribution is 0.414. The monoisotopic (exact) mass is 372 g/mol. The van der Waals surface area contributed by atoms with Gasteiger partial charge in [0.2, 0.25) is 10.0 Å². The van der Waals surface area contributed by atoms with E-state index in [1.54, 1.807) is 12.1 Å². The molecule has 3 rings (SSSR count). The number of aromatic nitrogens is 1. The summed E-state index contributed by atoms with van der Waals surface area (Å²) in [5.74, 6) is 0.585. The van der Waals surface area contributed by atoms with E-state index < -0.39 is 10.0 Å². The van der Waals surface area contributed by atoms with Gasteiger partial charge in [-0.2, -0.15) is 0 Å². The molecule has 0 amide bonds. The summed E-state index contributed by atoms with van der Waals surface area (Å²) >= 11 is 0. The Hall–Kier alpha value is -2.64. The van der Waals surface area contributed by atoms with Crippen molar-refractivity contribution in [2.24, 2.45) is 0 Å². The summed E-state index contributed by atoms with van der Waals surface area (Å²) in [4.78, 5) is 15.3. The predicted molar refractivity (Wildman–Crippen MR) is 101 cm³/mol. The van der Waals surface area contributed by atoms with Crippen LogP contribution >= 0.6 is 0 Å². The molecule has 2 aromatic carbocycles. The van der Waals surface area contributed by atoms with Gasteiger partial charge < -0.3 is 9.72 Å². The van der Waals surface area contributed by atoms with Gasteiger partial charge >= 0.3 is 0 Å². The molecule has 0 atom stereocenters. The van der Waals surface area contributed by atoms with Gasteiger partial charge in [-0.05, 0) is 54.6 Å². The smallest absolute Gasteiger partial charge is 0.251 e. The molecule has 26 heavy (non-hydrogen) atoms. The third kappa shape index (κ3) is 3.79. The van der Waals surface area contributed by atoms with Gasteiger partial charge in [-0.1, -0.05) is 18.2 Å². The predicted octanol–water partition coefficient (Wildman–Crippen LogP) is 2.37. The number of hydrogen-bond donors (Lipinski definition) is 2. The Morgan fingerprint density at radius 3 is 2.54 bits per heavy atom. The Balaban J connectivity index is 1.73. The summed E-state index contributed by atoms with van der Waals surface area (Å²) in [6.07, 6.45) is 0.300. The van der Waals surface area contributed by atoms with Gasteiger partial charge in [0.25, 0.3) is 5.56 Å². The number of para-hydroxylation sites is 1. The first-order chi connectivity index (χ1) is 12.4. The molecule has 0 fully saturated rings. The molecule has 0 aliphatic carbocycles. The summed E-state index contributed by atoms with van der Waals surface area (Å²) in [6, 6.07) is 13.7. The Morgan fingerprint density at radius 2 is 1.85 bits per heavy atom. The minimum absolute atomic E-state index is 0.134. The second kappa shape index (κ2) is 7.31. The van der Waals surface area contributed by atoms with Crippen LogP contribution in [0.15, 0.2) is 58.2 Å². The molecule has 0 saturated carbocycles. The molecule has 0 aliphatic heterocycles. The highest BCUT2D eigenvalue weighted by atomic mass is 32.2. The zero-order chi connectivity index (χ0) is 18.7. The summed E-state index contributed by atoms with van der Waals surface area (Å²) in [5.41, 5.74) is 2.14. The Morgan fingerprint density at radius 1 is 1.12 bits per heavy atom. The van der Waals surface area contributed by atoms with Gasteiger partial charge in [-0.25, -0.2) is 13.1 Å².